The van der Waals surface area contributed by atoms with Crippen molar-refractivity contribution in [2.24, 2.45) is 0 Å². The van der Waals surface area contributed by atoms with Crippen LogP contribution in [-0.2, 0) is 26.2 Å². The molecule has 2 heterocycles. The van der Waals surface area contributed by atoms with Gasteiger partial charge in [0.2, 0.25) is 11.8 Å². The highest BCUT2D eigenvalue weighted by Crippen LogP contribution is 2.43. The van der Waals surface area contributed by atoms with Crippen LogP contribution in [0.1, 0.15) is 56.1 Å². The van der Waals surface area contributed by atoms with E-state index in [0.717, 1.165) is 57.9 Å². The van der Waals surface area contributed by atoms with Crippen molar-refractivity contribution in [3.63, 3.8) is 0 Å². The zero-order chi connectivity index (χ0) is 23.4. The van der Waals surface area contributed by atoms with Crippen molar-refractivity contribution in [2.45, 2.75) is 62.4 Å². The third-order valence-corrected chi connectivity index (χ3v) is 8.22. The first-order chi connectivity index (χ1) is 16.6. The molecule has 5 nitrogen and oxygen atoms in total. The maximum absolute atomic E-state index is 13.9. The van der Waals surface area contributed by atoms with Gasteiger partial charge in [0.25, 0.3) is 0 Å². The number of rotatable bonds is 5. The lowest BCUT2D eigenvalue weighted by molar-refractivity contribution is -0.166. The molecule has 1 aliphatic carbocycles. The third kappa shape index (κ3) is 4.63. The molecule has 180 valence electrons. The summed E-state index contributed by atoms with van der Waals surface area (Å²) < 4.78 is 6.22. The summed E-state index contributed by atoms with van der Waals surface area (Å²) in [6.45, 7) is 2.97. The van der Waals surface area contributed by atoms with E-state index in [1.807, 2.05) is 29.2 Å². The maximum atomic E-state index is 13.9. The molecule has 2 amide bonds. The molecule has 2 aromatic carbocycles. The first-order valence-electron chi connectivity index (χ1n) is 12.9. The Morgan fingerprint density at radius 1 is 0.853 bits per heavy atom. The van der Waals surface area contributed by atoms with Gasteiger partial charge in [0.15, 0.2) is 0 Å². The Labute approximate surface area is 203 Å². The van der Waals surface area contributed by atoms with Crippen LogP contribution in [0, 0.1) is 0 Å². The number of hydrogen-bond donors (Lipinski definition) is 0. The Balaban J connectivity index is 1.26. The molecule has 5 rings (SSSR count). The zero-order valence-corrected chi connectivity index (χ0v) is 20.1. The molecule has 5 heteroatoms. The lowest BCUT2D eigenvalue weighted by Gasteiger charge is -2.42. The molecule has 3 aliphatic rings. The van der Waals surface area contributed by atoms with Gasteiger partial charge in [-0.1, -0.05) is 73.5 Å². The fraction of sp³-hybridized carbons (Fsp3) is 0.517. The highest BCUT2D eigenvalue weighted by molar-refractivity contribution is 5.88. The monoisotopic (exact) mass is 460 g/mol. The predicted molar refractivity (Wildman–Crippen MR) is 132 cm³/mol. The van der Waals surface area contributed by atoms with Crippen molar-refractivity contribution in [1.29, 1.82) is 0 Å². The van der Waals surface area contributed by atoms with Crippen molar-refractivity contribution < 1.29 is 14.3 Å². The van der Waals surface area contributed by atoms with Gasteiger partial charge in [0.05, 0.1) is 11.0 Å². The smallest absolute Gasteiger partial charge is 0.248 e. The Morgan fingerprint density at radius 2 is 1.56 bits per heavy atom. The van der Waals surface area contributed by atoms with Gasteiger partial charge in [-0.3, -0.25) is 9.59 Å². The van der Waals surface area contributed by atoms with Crippen molar-refractivity contribution in [3.8, 4) is 0 Å². The summed E-state index contributed by atoms with van der Waals surface area (Å²) in [5.41, 5.74) is 1.71. The van der Waals surface area contributed by atoms with E-state index in [-0.39, 0.29) is 23.5 Å². The molecule has 1 spiro atoms. The fourth-order valence-electron chi connectivity index (χ4n) is 6.24. The number of nitrogens with zero attached hydrogens (tertiary/aromatic N) is 2. The summed E-state index contributed by atoms with van der Waals surface area (Å²) in [4.78, 5) is 30.6. The molecule has 0 aromatic heterocycles. The lowest BCUT2D eigenvalue weighted by atomic mass is 9.77. The van der Waals surface area contributed by atoms with E-state index in [2.05, 4.69) is 41.3 Å². The first kappa shape index (κ1) is 23.1. The molecule has 2 aliphatic heterocycles. The number of ether oxygens (including phenoxy) is 1. The molecular formula is C29H36N2O3. The second-order valence-corrected chi connectivity index (χ2v) is 10.3. The first-order valence-corrected chi connectivity index (χ1v) is 12.9. The molecule has 1 saturated carbocycles. The van der Waals surface area contributed by atoms with Crippen LogP contribution >= 0.6 is 0 Å². The van der Waals surface area contributed by atoms with E-state index in [0.29, 0.717) is 25.5 Å². The summed E-state index contributed by atoms with van der Waals surface area (Å²) in [7, 11) is 0. The Hall–Kier alpha value is -2.66. The van der Waals surface area contributed by atoms with Gasteiger partial charge in [-0.2, -0.15) is 0 Å². The van der Waals surface area contributed by atoms with Crippen molar-refractivity contribution in [1.82, 2.24) is 9.80 Å². The minimum absolute atomic E-state index is 0.0766. The summed E-state index contributed by atoms with van der Waals surface area (Å²) >= 11 is 0. The van der Waals surface area contributed by atoms with Crippen LogP contribution in [0.25, 0.3) is 0 Å². The fourth-order valence-corrected chi connectivity index (χ4v) is 6.24. The highest BCUT2D eigenvalue weighted by Gasteiger charge is 2.47. The minimum atomic E-state index is -0.371. The van der Waals surface area contributed by atoms with Crippen LogP contribution in [0.3, 0.4) is 0 Å². The van der Waals surface area contributed by atoms with Gasteiger partial charge in [-0.15, -0.1) is 0 Å². The number of hydrogen-bond acceptors (Lipinski definition) is 3. The standard InChI is InChI=1S/C29H36N2O3/c32-26-22-34-28(23-31(26)20-14-24-10-3-1-4-11-24)15-9-19-30(21-18-28)27(33)29(16-7-8-17-29)25-12-5-2-6-13-25/h1-6,10-13H,7-9,14-23H2/t28-/m1/s1. The second-order valence-electron chi connectivity index (χ2n) is 10.3. The van der Waals surface area contributed by atoms with Crippen molar-refractivity contribution in [2.75, 3.05) is 32.8 Å². The Morgan fingerprint density at radius 3 is 2.29 bits per heavy atom. The van der Waals surface area contributed by atoms with Crippen molar-refractivity contribution >= 4 is 11.8 Å². The van der Waals surface area contributed by atoms with Crippen LogP contribution in [0.15, 0.2) is 60.7 Å². The van der Waals surface area contributed by atoms with E-state index >= 15 is 0 Å². The Kier molecular flexibility index (Phi) is 6.73. The van der Waals surface area contributed by atoms with Gasteiger partial charge in [-0.25, -0.2) is 0 Å². The number of carbonyl (C=O) groups excluding carboxylic acids is 2. The number of morpholine rings is 1. The van der Waals surface area contributed by atoms with E-state index in [9.17, 15) is 9.59 Å². The van der Waals surface area contributed by atoms with Gasteiger partial charge in [0.1, 0.15) is 6.61 Å². The van der Waals surface area contributed by atoms with E-state index in [4.69, 9.17) is 4.74 Å². The summed E-state index contributed by atoms with van der Waals surface area (Å²) in [5, 5.41) is 0. The number of amides is 2. The van der Waals surface area contributed by atoms with Crippen molar-refractivity contribution in [3.05, 3.63) is 71.8 Å². The quantitative estimate of drug-likeness (QED) is 0.667. The zero-order valence-electron chi connectivity index (χ0n) is 20.1. The Bertz CT molecular complexity index is 987. The van der Waals surface area contributed by atoms with E-state index < -0.39 is 0 Å². The van der Waals surface area contributed by atoms with Crippen LogP contribution in [0.4, 0.5) is 0 Å². The minimum Gasteiger partial charge on any atom is -0.363 e. The summed E-state index contributed by atoms with van der Waals surface area (Å²) in [6, 6.07) is 20.7. The van der Waals surface area contributed by atoms with Crippen LogP contribution in [0.5, 0.6) is 0 Å². The molecule has 0 bridgehead atoms. The molecular weight excluding hydrogens is 424 g/mol. The van der Waals surface area contributed by atoms with Gasteiger partial charge in [0, 0.05) is 26.2 Å². The topological polar surface area (TPSA) is 49.9 Å². The molecule has 1 atom stereocenters. The summed E-state index contributed by atoms with van der Waals surface area (Å²) in [6.07, 6.45) is 7.55. The molecule has 2 aromatic rings. The molecule has 0 unspecified atom stereocenters. The van der Waals surface area contributed by atoms with Gasteiger partial charge >= 0.3 is 0 Å². The average Bonchev–Trinajstić information content (AvgIpc) is 3.30. The lowest BCUT2D eigenvalue weighted by Crippen LogP contribution is -2.55. The highest BCUT2D eigenvalue weighted by atomic mass is 16.5. The normalized spacial score (nSPS) is 24.9. The van der Waals surface area contributed by atoms with E-state index in [1.54, 1.807) is 0 Å². The summed E-state index contributed by atoms with van der Waals surface area (Å²) in [5.74, 6) is 0.369. The SMILES string of the molecule is O=C1CO[C@@]2(CCCN(C(=O)C3(c4ccccc4)CCCC3)CC2)CN1CCc1ccccc1. The largest absolute Gasteiger partial charge is 0.363 e. The van der Waals surface area contributed by atoms with E-state index in [1.165, 1.54) is 11.1 Å². The molecule has 0 N–H and O–H groups in total. The molecule has 0 radical (unpaired) electrons. The second kappa shape index (κ2) is 9.91. The van der Waals surface area contributed by atoms with Gasteiger partial charge < -0.3 is 14.5 Å². The molecule has 34 heavy (non-hydrogen) atoms. The number of likely N-dealkylation sites (tertiary alicyclic amines) is 1. The average molecular weight is 461 g/mol. The maximum Gasteiger partial charge on any atom is 0.248 e. The third-order valence-electron chi connectivity index (χ3n) is 8.22. The molecule has 3 fully saturated rings. The number of benzene rings is 2. The van der Waals surface area contributed by atoms with Crippen LogP contribution in [0.2, 0.25) is 0 Å². The van der Waals surface area contributed by atoms with Gasteiger partial charge in [-0.05, 0) is 49.7 Å². The van der Waals surface area contributed by atoms with Crippen LogP contribution < -0.4 is 0 Å². The number of carbonyl (C=O) groups is 2. The predicted octanol–water partition coefficient (Wildman–Crippen LogP) is 4.35. The molecule has 2 saturated heterocycles. The van der Waals surface area contributed by atoms with Crippen LogP contribution in [-0.4, -0.2) is 60.0 Å².